The van der Waals surface area contributed by atoms with Crippen LogP contribution in [-0.2, 0) is 11.2 Å². The van der Waals surface area contributed by atoms with Gasteiger partial charge < -0.3 is 9.47 Å². The molecule has 4 nitrogen and oxygen atoms in total. The van der Waals surface area contributed by atoms with Gasteiger partial charge in [-0.05, 0) is 36.6 Å². The fraction of sp³-hybridized carbons (Fsp3) is 0.538. The van der Waals surface area contributed by atoms with Gasteiger partial charge in [-0.15, -0.1) is 0 Å². The smallest absolute Gasteiger partial charge is 0.261 e. The van der Waals surface area contributed by atoms with Crippen molar-refractivity contribution in [1.82, 2.24) is 5.43 Å². The number of rotatable bonds is 9. The van der Waals surface area contributed by atoms with E-state index in [-0.39, 0.29) is 12.6 Å². The third-order valence-electron chi connectivity index (χ3n) is 2.80. The summed E-state index contributed by atoms with van der Waals surface area (Å²) < 4.78 is 35.0. The van der Waals surface area contributed by atoms with Crippen LogP contribution in [0.4, 0.5) is 8.78 Å². The van der Waals surface area contributed by atoms with E-state index in [0.29, 0.717) is 12.8 Å². The van der Waals surface area contributed by atoms with Crippen LogP contribution in [0.3, 0.4) is 0 Å². The van der Waals surface area contributed by atoms with Gasteiger partial charge in [0.05, 0.1) is 7.11 Å². The topological polar surface area (TPSA) is 56.5 Å². The Morgan fingerprint density at radius 1 is 1.40 bits per heavy atom. The summed E-state index contributed by atoms with van der Waals surface area (Å²) in [5.41, 5.74) is 3.66. The summed E-state index contributed by atoms with van der Waals surface area (Å²) in [7, 11) is 1.60. The molecule has 1 atom stereocenters. The summed E-state index contributed by atoms with van der Waals surface area (Å²) in [6.07, 6.45) is -1.28. The van der Waals surface area contributed by atoms with Crippen molar-refractivity contribution in [3.05, 3.63) is 28.2 Å². The van der Waals surface area contributed by atoms with Crippen molar-refractivity contribution in [3.63, 3.8) is 0 Å². The van der Waals surface area contributed by atoms with E-state index in [0.717, 1.165) is 15.8 Å². The molecule has 0 aliphatic carbocycles. The van der Waals surface area contributed by atoms with Crippen LogP contribution in [0.2, 0.25) is 0 Å². The van der Waals surface area contributed by atoms with Gasteiger partial charge in [-0.25, -0.2) is 8.78 Å². The number of hydrazine groups is 1. The highest BCUT2D eigenvalue weighted by atomic mass is 79.9. The number of alkyl halides is 2. The van der Waals surface area contributed by atoms with Gasteiger partial charge in [0.15, 0.2) is 0 Å². The second kappa shape index (κ2) is 9.23. The molecule has 114 valence electrons. The molecule has 0 amide bonds. The largest absolute Gasteiger partial charge is 0.496 e. The van der Waals surface area contributed by atoms with Crippen molar-refractivity contribution in [2.75, 3.05) is 20.3 Å². The Balaban J connectivity index is 2.53. The molecular weight excluding hydrogens is 334 g/mol. The van der Waals surface area contributed by atoms with Crippen LogP contribution >= 0.6 is 15.9 Å². The van der Waals surface area contributed by atoms with Crippen molar-refractivity contribution in [2.24, 2.45) is 5.84 Å². The molecule has 1 aromatic carbocycles. The van der Waals surface area contributed by atoms with E-state index in [1.807, 2.05) is 18.2 Å². The van der Waals surface area contributed by atoms with Crippen LogP contribution in [0.5, 0.6) is 5.75 Å². The minimum absolute atomic E-state index is 0.0733. The lowest BCUT2D eigenvalue weighted by atomic mass is 10.0. The highest BCUT2D eigenvalue weighted by Gasteiger charge is 2.12. The Morgan fingerprint density at radius 2 is 2.15 bits per heavy atom. The molecule has 0 bridgehead atoms. The molecule has 1 unspecified atom stereocenters. The van der Waals surface area contributed by atoms with E-state index in [4.69, 9.17) is 15.3 Å². The van der Waals surface area contributed by atoms with Crippen LogP contribution in [0, 0.1) is 0 Å². The number of ether oxygens (including phenoxy) is 2. The van der Waals surface area contributed by atoms with Gasteiger partial charge in [0.2, 0.25) is 0 Å². The van der Waals surface area contributed by atoms with Crippen molar-refractivity contribution < 1.29 is 18.3 Å². The van der Waals surface area contributed by atoms with E-state index in [1.54, 1.807) is 7.11 Å². The first kappa shape index (κ1) is 17.3. The van der Waals surface area contributed by atoms with Gasteiger partial charge in [-0.3, -0.25) is 11.3 Å². The molecule has 0 spiro atoms. The van der Waals surface area contributed by atoms with Gasteiger partial charge in [-0.1, -0.05) is 15.9 Å². The zero-order valence-corrected chi connectivity index (χ0v) is 12.8. The molecule has 0 saturated carbocycles. The van der Waals surface area contributed by atoms with Gasteiger partial charge in [0.25, 0.3) is 6.43 Å². The molecule has 0 radical (unpaired) electrons. The van der Waals surface area contributed by atoms with Crippen molar-refractivity contribution >= 4 is 15.9 Å². The molecule has 1 rings (SSSR count). The van der Waals surface area contributed by atoms with E-state index in [1.165, 1.54) is 0 Å². The zero-order chi connectivity index (χ0) is 15.0. The molecule has 0 aliphatic heterocycles. The SMILES string of the molecule is COc1ccc(Br)cc1CC(CCOCC(F)F)NN. The van der Waals surface area contributed by atoms with Gasteiger partial charge in [-0.2, -0.15) is 0 Å². The minimum atomic E-state index is -2.44. The first-order chi connectivity index (χ1) is 9.56. The normalized spacial score (nSPS) is 12.7. The Kier molecular flexibility index (Phi) is 7.98. The summed E-state index contributed by atoms with van der Waals surface area (Å²) >= 11 is 3.40. The Morgan fingerprint density at radius 3 is 2.75 bits per heavy atom. The first-order valence-corrected chi connectivity index (χ1v) is 7.00. The lowest BCUT2D eigenvalue weighted by Gasteiger charge is -2.18. The van der Waals surface area contributed by atoms with Gasteiger partial charge >= 0.3 is 0 Å². The average molecular weight is 353 g/mol. The summed E-state index contributed by atoms with van der Waals surface area (Å²) in [6.45, 7) is -0.312. The van der Waals surface area contributed by atoms with Crippen LogP contribution in [0.1, 0.15) is 12.0 Å². The fourth-order valence-corrected chi connectivity index (χ4v) is 2.22. The molecule has 0 heterocycles. The maximum absolute atomic E-state index is 11.9. The Labute approximate surface area is 125 Å². The monoisotopic (exact) mass is 352 g/mol. The molecule has 7 heteroatoms. The number of hydrogen-bond acceptors (Lipinski definition) is 4. The van der Waals surface area contributed by atoms with Gasteiger partial charge in [0, 0.05) is 17.1 Å². The lowest BCUT2D eigenvalue weighted by molar-refractivity contribution is 0.0144. The van der Waals surface area contributed by atoms with E-state index >= 15 is 0 Å². The third kappa shape index (κ3) is 6.13. The quantitative estimate of drug-likeness (QED) is 0.407. The Hall–Kier alpha value is -0.760. The summed E-state index contributed by atoms with van der Waals surface area (Å²) in [6, 6.07) is 5.62. The number of halogens is 3. The number of nitrogens with two attached hydrogens (primary N) is 1. The molecule has 0 aliphatic rings. The predicted octanol–water partition coefficient (Wildman–Crippen LogP) is 2.50. The molecule has 20 heavy (non-hydrogen) atoms. The van der Waals surface area contributed by atoms with Crippen LogP contribution < -0.4 is 16.0 Å². The first-order valence-electron chi connectivity index (χ1n) is 6.21. The standard InChI is InChI=1S/C13H19BrF2N2O2/c1-19-12-3-2-10(14)6-9(12)7-11(18-17)4-5-20-8-13(15)16/h2-3,6,11,13,18H,4-5,7-8,17H2,1H3. The molecular formula is C13H19BrF2N2O2. The Bertz CT molecular complexity index is 408. The summed E-state index contributed by atoms with van der Waals surface area (Å²) in [5.74, 6) is 6.25. The van der Waals surface area contributed by atoms with Gasteiger partial charge in [0.1, 0.15) is 12.4 Å². The second-order valence-electron chi connectivity index (χ2n) is 4.28. The average Bonchev–Trinajstić information content (AvgIpc) is 2.42. The highest BCUT2D eigenvalue weighted by Crippen LogP contribution is 2.24. The molecule has 0 aromatic heterocycles. The molecule has 3 N–H and O–H groups in total. The number of nitrogens with one attached hydrogen (secondary N) is 1. The van der Waals surface area contributed by atoms with Crippen molar-refractivity contribution in [3.8, 4) is 5.75 Å². The zero-order valence-electron chi connectivity index (χ0n) is 11.2. The van der Waals surface area contributed by atoms with E-state index < -0.39 is 13.0 Å². The third-order valence-corrected chi connectivity index (χ3v) is 3.29. The van der Waals surface area contributed by atoms with Crippen LogP contribution in [-0.4, -0.2) is 32.8 Å². The van der Waals surface area contributed by atoms with E-state index in [9.17, 15) is 8.78 Å². The van der Waals surface area contributed by atoms with E-state index in [2.05, 4.69) is 21.4 Å². The molecule has 0 fully saturated rings. The van der Waals surface area contributed by atoms with Crippen LogP contribution in [0.25, 0.3) is 0 Å². The summed E-state index contributed by atoms with van der Waals surface area (Å²) in [4.78, 5) is 0. The van der Waals surface area contributed by atoms with Crippen LogP contribution in [0.15, 0.2) is 22.7 Å². The minimum Gasteiger partial charge on any atom is -0.496 e. The van der Waals surface area contributed by atoms with Crippen molar-refractivity contribution in [2.45, 2.75) is 25.3 Å². The lowest BCUT2D eigenvalue weighted by Crippen LogP contribution is -2.37. The maximum atomic E-state index is 11.9. The second-order valence-corrected chi connectivity index (χ2v) is 5.19. The number of benzene rings is 1. The maximum Gasteiger partial charge on any atom is 0.261 e. The highest BCUT2D eigenvalue weighted by molar-refractivity contribution is 9.10. The fourth-order valence-electron chi connectivity index (χ4n) is 1.81. The summed E-state index contributed by atoms with van der Waals surface area (Å²) in [5, 5.41) is 0. The van der Waals surface area contributed by atoms with Crippen molar-refractivity contribution in [1.29, 1.82) is 0 Å². The number of hydrogen-bond donors (Lipinski definition) is 2. The molecule has 1 aromatic rings. The predicted molar refractivity (Wildman–Crippen MR) is 76.9 cm³/mol. The number of methoxy groups -OCH3 is 1. The molecule has 0 saturated heterocycles.